The molecule has 3 rings (SSSR count). The number of carbonyl (C=O) groups excluding carboxylic acids is 1. The topological polar surface area (TPSA) is 26.3 Å². The van der Waals surface area contributed by atoms with Gasteiger partial charge in [0.1, 0.15) is 5.82 Å². The Morgan fingerprint density at radius 3 is 2.48 bits per heavy atom. The second-order valence-corrected chi connectivity index (χ2v) is 6.46. The molecule has 126 valence electrons. The van der Waals surface area contributed by atoms with Crippen LogP contribution in [0.4, 0.5) is 8.78 Å². The Hall–Kier alpha value is -1.13. The minimum Gasteiger partial charge on any atom is -0.449 e. The fourth-order valence-corrected chi connectivity index (χ4v) is 3.19. The molecule has 0 unspecified atom stereocenters. The third-order valence-corrected chi connectivity index (χ3v) is 4.65. The van der Waals surface area contributed by atoms with Crippen molar-refractivity contribution in [2.24, 2.45) is 5.92 Å². The fraction of sp³-hybridized carbons (Fsp3) is 0.350. The summed E-state index contributed by atoms with van der Waals surface area (Å²) in [5.74, 6) is -0.965. The number of rotatable bonds is 3. The SMILES string of the molecule is CC1CCC(c2ccc(C(=O)Oc3cc[c-]c(F)c3)c(F)c2)CC1.[Y+3]. The summed E-state index contributed by atoms with van der Waals surface area (Å²) < 4.78 is 32.4. The van der Waals surface area contributed by atoms with Gasteiger partial charge in [0.15, 0.2) is 0 Å². The second-order valence-electron chi connectivity index (χ2n) is 6.46. The molecule has 0 amide bonds. The van der Waals surface area contributed by atoms with Crippen LogP contribution in [0, 0.1) is 23.6 Å². The van der Waals surface area contributed by atoms with Gasteiger partial charge in [-0.1, -0.05) is 31.9 Å². The van der Waals surface area contributed by atoms with Crippen molar-refractivity contribution >= 4 is 5.97 Å². The number of hydrogen-bond donors (Lipinski definition) is 0. The second kappa shape index (κ2) is 9.00. The maximum Gasteiger partial charge on any atom is 3.00 e. The standard InChI is InChI=1S/C20H19F2O2.Y/c1-13-5-7-14(8-6-13)15-9-10-18(19(22)11-15)20(23)24-17-4-2-3-16(21)12-17;/h2,4,9-14H,5-8H2,1H3;/q-1;+3. The molecule has 0 spiro atoms. The molecule has 0 bridgehead atoms. The average Bonchev–Trinajstić information content (AvgIpc) is 2.55. The number of ether oxygens (including phenoxy) is 1. The Bertz CT molecular complexity index is 740. The van der Waals surface area contributed by atoms with Crippen molar-refractivity contribution in [3.05, 3.63) is 65.2 Å². The van der Waals surface area contributed by atoms with Gasteiger partial charge >= 0.3 is 38.7 Å². The van der Waals surface area contributed by atoms with Gasteiger partial charge in [0.25, 0.3) is 0 Å². The Kier molecular flexibility index (Phi) is 7.27. The van der Waals surface area contributed by atoms with Crippen LogP contribution in [0.15, 0.2) is 36.4 Å². The van der Waals surface area contributed by atoms with Crippen LogP contribution in [0.25, 0.3) is 0 Å². The van der Waals surface area contributed by atoms with E-state index in [1.165, 1.54) is 24.3 Å². The molecular formula is C20H19F2O2Y+2. The minimum atomic E-state index is -0.832. The van der Waals surface area contributed by atoms with Crippen LogP contribution in [0.1, 0.15) is 54.4 Å². The molecule has 2 aromatic rings. The van der Waals surface area contributed by atoms with Crippen molar-refractivity contribution in [3.63, 3.8) is 0 Å². The molecule has 2 aromatic carbocycles. The predicted molar refractivity (Wildman–Crippen MR) is 87.0 cm³/mol. The van der Waals surface area contributed by atoms with Crippen molar-refractivity contribution in [1.29, 1.82) is 0 Å². The molecule has 0 aromatic heterocycles. The summed E-state index contributed by atoms with van der Waals surface area (Å²) in [7, 11) is 0. The maximum absolute atomic E-state index is 14.3. The maximum atomic E-state index is 14.3. The molecule has 5 heteroatoms. The normalized spacial score (nSPS) is 19.8. The monoisotopic (exact) mass is 418 g/mol. The summed E-state index contributed by atoms with van der Waals surface area (Å²) in [5.41, 5.74) is 0.785. The van der Waals surface area contributed by atoms with Crippen LogP contribution in [-0.2, 0) is 32.7 Å². The third-order valence-electron chi connectivity index (χ3n) is 4.65. The van der Waals surface area contributed by atoms with Gasteiger partial charge in [0.05, 0.1) is 5.56 Å². The van der Waals surface area contributed by atoms with Gasteiger partial charge in [-0.05, 0) is 42.4 Å². The largest absolute Gasteiger partial charge is 3.00 e. The molecule has 0 atom stereocenters. The molecule has 0 aliphatic heterocycles. The number of hydrogen-bond acceptors (Lipinski definition) is 2. The average molecular weight is 418 g/mol. The number of carbonyl (C=O) groups is 1. The van der Waals surface area contributed by atoms with Gasteiger partial charge in [-0.25, -0.2) is 13.6 Å². The van der Waals surface area contributed by atoms with E-state index in [1.54, 1.807) is 6.07 Å². The van der Waals surface area contributed by atoms with Gasteiger partial charge in [-0.2, -0.15) is 6.07 Å². The van der Waals surface area contributed by atoms with Crippen LogP contribution >= 0.6 is 0 Å². The molecule has 0 saturated heterocycles. The van der Waals surface area contributed by atoms with Gasteiger partial charge in [-0.15, -0.1) is 12.1 Å². The first-order valence-corrected chi connectivity index (χ1v) is 8.22. The molecule has 1 aliphatic rings. The molecule has 25 heavy (non-hydrogen) atoms. The van der Waals surface area contributed by atoms with Gasteiger partial charge in [0.2, 0.25) is 0 Å². The quantitative estimate of drug-likeness (QED) is 0.386. The van der Waals surface area contributed by atoms with E-state index in [2.05, 4.69) is 13.0 Å². The molecular weight excluding hydrogens is 399 g/mol. The van der Waals surface area contributed by atoms with Gasteiger partial charge in [-0.3, -0.25) is 0 Å². The van der Waals surface area contributed by atoms with Gasteiger partial charge in [0, 0.05) is 11.6 Å². The summed E-state index contributed by atoms with van der Waals surface area (Å²) >= 11 is 0. The number of esters is 1. The third kappa shape index (κ3) is 5.18. The summed E-state index contributed by atoms with van der Waals surface area (Å²) in [5, 5.41) is 0. The zero-order chi connectivity index (χ0) is 17.1. The van der Waals surface area contributed by atoms with E-state index in [4.69, 9.17) is 4.74 Å². The summed E-state index contributed by atoms with van der Waals surface area (Å²) in [4.78, 5) is 12.1. The van der Waals surface area contributed by atoms with Crippen molar-refractivity contribution in [3.8, 4) is 5.75 Å². The number of halogens is 2. The smallest absolute Gasteiger partial charge is 0.449 e. The Morgan fingerprint density at radius 1 is 1.12 bits per heavy atom. The molecule has 0 N–H and O–H groups in total. The Balaban J connectivity index is 0.00000225. The Morgan fingerprint density at radius 2 is 1.84 bits per heavy atom. The van der Waals surface area contributed by atoms with Crippen molar-refractivity contribution in [2.45, 2.75) is 38.5 Å². The summed E-state index contributed by atoms with van der Waals surface area (Å²) in [6, 6.07) is 10.7. The molecule has 0 radical (unpaired) electrons. The van der Waals surface area contributed by atoms with E-state index in [0.717, 1.165) is 43.2 Å². The van der Waals surface area contributed by atoms with Crippen molar-refractivity contribution in [2.75, 3.05) is 0 Å². The first-order valence-electron chi connectivity index (χ1n) is 8.22. The van der Waals surface area contributed by atoms with Crippen LogP contribution in [0.3, 0.4) is 0 Å². The van der Waals surface area contributed by atoms with Crippen LogP contribution in [0.2, 0.25) is 0 Å². The predicted octanol–water partition coefficient (Wildman–Crippen LogP) is 5.28. The van der Waals surface area contributed by atoms with E-state index >= 15 is 0 Å². The molecule has 1 aliphatic carbocycles. The van der Waals surface area contributed by atoms with Crippen LogP contribution in [-0.4, -0.2) is 5.97 Å². The minimum absolute atomic E-state index is 0. The zero-order valence-corrected chi connectivity index (χ0v) is 16.9. The number of benzene rings is 2. The Labute approximate surface area is 171 Å². The van der Waals surface area contributed by atoms with Crippen LogP contribution in [0.5, 0.6) is 5.75 Å². The molecule has 1 saturated carbocycles. The van der Waals surface area contributed by atoms with E-state index in [9.17, 15) is 13.6 Å². The molecule has 0 heterocycles. The van der Waals surface area contributed by atoms with Crippen molar-refractivity contribution in [1.82, 2.24) is 0 Å². The van der Waals surface area contributed by atoms with E-state index < -0.39 is 17.6 Å². The zero-order valence-electron chi connectivity index (χ0n) is 14.1. The summed E-state index contributed by atoms with van der Waals surface area (Å²) in [6.07, 6.45) is 4.38. The summed E-state index contributed by atoms with van der Waals surface area (Å²) in [6.45, 7) is 2.24. The van der Waals surface area contributed by atoms with E-state index in [1.807, 2.05) is 0 Å². The van der Waals surface area contributed by atoms with Gasteiger partial charge < -0.3 is 4.74 Å². The van der Waals surface area contributed by atoms with Crippen molar-refractivity contribution < 1.29 is 51.0 Å². The fourth-order valence-electron chi connectivity index (χ4n) is 3.19. The molecule has 2 nitrogen and oxygen atoms in total. The van der Waals surface area contributed by atoms with E-state index in [0.29, 0.717) is 5.92 Å². The van der Waals surface area contributed by atoms with E-state index in [-0.39, 0.29) is 44.0 Å². The first-order chi connectivity index (χ1) is 11.5. The first kappa shape index (κ1) is 20.2. The van der Waals surface area contributed by atoms with Crippen LogP contribution < -0.4 is 4.74 Å². The molecule has 1 fully saturated rings.